The molecule has 0 unspecified atom stereocenters. The Morgan fingerprint density at radius 2 is 2.05 bits per heavy atom. The molecule has 0 heterocycles. The molecule has 4 nitrogen and oxygen atoms in total. The predicted octanol–water partition coefficient (Wildman–Crippen LogP) is 4.21. The normalized spacial score (nSPS) is 11.1. The molecule has 0 fully saturated rings. The van der Waals surface area contributed by atoms with Gasteiger partial charge in [-0.25, -0.2) is 14.1 Å². The van der Waals surface area contributed by atoms with Crippen molar-refractivity contribution in [3.05, 3.63) is 22.4 Å². The smallest absolute Gasteiger partial charge is 0.421 e. The lowest BCUT2D eigenvalue weighted by Gasteiger charge is -2.24. The fourth-order valence-corrected chi connectivity index (χ4v) is 2.48. The second-order valence-corrected chi connectivity index (χ2v) is 6.60. The fraction of sp³-hybridized carbons (Fsp3) is 0.385. The maximum atomic E-state index is 13.6. The van der Waals surface area contributed by atoms with E-state index < -0.39 is 17.5 Å². The molecule has 2 amide bonds. The number of anilines is 1. The monoisotopic (exact) mass is 363 g/mol. The molecule has 0 radical (unpaired) electrons. The molecule has 0 saturated carbocycles. The summed E-state index contributed by atoms with van der Waals surface area (Å²) in [4.78, 5) is 24.5. The number of halogens is 2. The molecule has 0 aromatic heterocycles. The van der Waals surface area contributed by atoms with Crippen LogP contribution in [-0.2, 0) is 9.53 Å². The van der Waals surface area contributed by atoms with Crippen molar-refractivity contribution in [3.63, 3.8) is 0 Å². The molecule has 0 aliphatic carbocycles. The van der Waals surface area contributed by atoms with Gasteiger partial charge < -0.3 is 4.74 Å². The van der Waals surface area contributed by atoms with Crippen molar-refractivity contribution in [2.24, 2.45) is 0 Å². The molecule has 110 valence electrons. The molecular weight excluding hydrogens is 349 g/mol. The van der Waals surface area contributed by atoms with Crippen LogP contribution in [-0.4, -0.2) is 24.4 Å². The zero-order chi connectivity index (χ0) is 15.5. The van der Waals surface area contributed by atoms with E-state index in [1.807, 2.05) is 0 Å². The van der Waals surface area contributed by atoms with Gasteiger partial charge in [0.15, 0.2) is 0 Å². The van der Waals surface area contributed by atoms with Gasteiger partial charge in [0.2, 0.25) is 6.41 Å². The number of rotatable bonds is 3. The zero-order valence-electron chi connectivity index (χ0n) is 11.6. The number of thioether (sulfide) groups is 1. The molecule has 1 aromatic carbocycles. The Balaban J connectivity index is 3.22. The van der Waals surface area contributed by atoms with Crippen molar-refractivity contribution in [2.45, 2.75) is 31.3 Å². The third-order valence-electron chi connectivity index (χ3n) is 2.18. The SMILES string of the molecule is CSc1cc(Br)c(F)cc1N(C=O)C(=O)OC(C)(C)C. The molecule has 0 atom stereocenters. The maximum Gasteiger partial charge on any atom is 0.421 e. The number of benzene rings is 1. The minimum Gasteiger partial charge on any atom is -0.443 e. The maximum absolute atomic E-state index is 13.6. The molecule has 0 N–H and O–H groups in total. The van der Waals surface area contributed by atoms with E-state index in [0.717, 1.165) is 11.0 Å². The van der Waals surface area contributed by atoms with Gasteiger partial charge in [-0.3, -0.25) is 4.79 Å². The van der Waals surface area contributed by atoms with E-state index >= 15 is 0 Å². The van der Waals surface area contributed by atoms with E-state index in [1.165, 1.54) is 17.8 Å². The Morgan fingerprint density at radius 3 is 2.50 bits per heavy atom. The lowest BCUT2D eigenvalue weighted by atomic mass is 10.2. The van der Waals surface area contributed by atoms with E-state index in [2.05, 4.69) is 15.9 Å². The van der Waals surface area contributed by atoms with Crippen LogP contribution in [0.4, 0.5) is 14.9 Å². The lowest BCUT2D eigenvalue weighted by Crippen LogP contribution is -2.36. The first-order valence-corrected chi connectivity index (χ1v) is 7.72. The summed E-state index contributed by atoms with van der Waals surface area (Å²) in [6.45, 7) is 5.06. The van der Waals surface area contributed by atoms with Gasteiger partial charge in [-0.05, 0) is 49.0 Å². The summed E-state index contributed by atoms with van der Waals surface area (Å²) in [6, 6.07) is 2.63. The molecule has 20 heavy (non-hydrogen) atoms. The number of nitrogens with zero attached hydrogens (tertiary/aromatic N) is 1. The van der Waals surface area contributed by atoms with Crippen LogP contribution in [0.25, 0.3) is 0 Å². The van der Waals surface area contributed by atoms with Crippen molar-refractivity contribution >= 4 is 45.9 Å². The Kier molecular flexibility index (Phi) is 5.59. The van der Waals surface area contributed by atoms with Crippen LogP contribution >= 0.6 is 27.7 Å². The van der Waals surface area contributed by atoms with Crippen molar-refractivity contribution in [3.8, 4) is 0 Å². The number of carbonyl (C=O) groups is 2. The van der Waals surface area contributed by atoms with Gasteiger partial charge in [0.1, 0.15) is 11.4 Å². The topological polar surface area (TPSA) is 46.6 Å². The molecule has 0 bridgehead atoms. The second-order valence-electron chi connectivity index (χ2n) is 4.89. The summed E-state index contributed by atoms with van der Waals surface area (Å²) in [5.74, 6) is -0.562. The number of hydrogen-bond acceptors (Lipinski definition) is 4. The molecule has 1 rings (SSSR count). The molecule has 7 heteroatoms. The highest BCUT2D eigenvalue weighted by Gasteiger charge is 2.25. The van der Waals surface area contributed by atoms with Gasteiger partial charge in [-0.15, -0.1) is 11.8 Å². The molecule has 0 saturated heterocycles. The number of imide groups is 1. The first kappa shape index (κ1) is 17.0. The quantitative estimate of drug-likeness (QED) is 0.596. The second kappa shape index (κ2) is 6.58. The van der Waals surface area contributed by atoms with Crippen molar-refractivity contribution in [2.75, 3.05) is 11.2 Å². The van der Waals surface area contributed by atoms with Gasteiger partial charge in [0.25, 0.3) is 0 Å². The Hall–Kier alpha value is -1.08. The van der Waals surface area contributed by atoms with Crippen LogP contribution in [0, 0.1) is 5.82 Å². The molecule has 0 aliphatic rings. The summed E-state index contributed by atoms with van der Waals surface area (Å²) < 4.78 is 19.0. The number of ether oxygens (including phenoxy) is 1. The number of amides is 2. The van der Waals surface area contributed by atoms with Crippen molar-refractivity contribution in [1.82, 2.24) is 0 Å². The highest BCUT2D eigenvalue weighted by Crippen LogP contribution is 2.33. The van der Waals surface area contributed by atoms with Crippen LogP contribution < -0.4 is 4.90 Å². The van der Waals surface area contributed by atoms with Gasteiger partial charge in [0.05, 0.1) is 10.2 Å². The first-order valence-electron chi connectivity index (χ1n) is 5.70. The van der Waals surface area contributed by atoms with E-state index in [4.69, 9.17) is 4.74 Å². The van der Waals surface area contributed by atoms with E-state index in [9.17, 15) is 14.0 Å². The average Bonchev–Trinajstić information content (AvgIpc) is 2.31. The molecule has 0 aliphatic heterocycles. The molecule has 0 spiro atoms. The van der Waals surface area contributed by atoms with E-state index in [1.54, 1.807) is 27.0 Å². The third kappa shape index (κ3) is 4.21. The van der Waals surface area contributed by atoms with Crippen LogP contribution in [0.5, 0.6) is 0 Å². The minimum atomic E-state index is -0.843. The highest BCUT2D eigenvalue weighted by molar-refractivity contribution is 9.10. The Bertz CT molecular complexity index is 531. The third-order valence-corrected chi connectivity index (χ3v) is 3.55. The number of hydrogen-bond donors (Lipinski definition) is 0. The predicted molar refractivity (Wildman–Crippen MR) is 80.7 cm³/mol. The number of carbonyl (C=O) groups excluding carboxylic acids is 2. The first-order chi connectivity index (χ1) is 9.19. The van der Waals surface area contributed by atoms with Gasteiger partial charge in [-0.2, -0.15) is 0 Å². The largest absolute Gasteiger partial charge is 0.443 e. The summed E-state index contributed by atoms with van der Waals surface area (Å²) in [5, 5.41) is 0. The Morgan fingerprint density at radius 1 is 1.45 bits per heavy atom. The van der Waals surface area contributed by atoms with Crippen molar-refractivity contribution < 1.29 is 18.7 Å². The van der Waals surface area contributed by atoms with Gasteiger partial charge >= 0.3 is 6.09 Å². The minimum absolute atomic E-state index is 0.155. The Labute approximate surface area is 129 Å². The lowest BCUT2D eigenvalue weighted by molar-refractivity contribution is -0.107. The average molecular weight is 364 g/mol. The fourth-order valence-electron chi connectivity index (χ4n) is 1.38. The summed E-state index contributed by atoms with van der Waals surface area (Å²) >= 11 is 4.36. The van der Waals surface area contributed by atoms with E-state index in [-0.39, 0.29) is 10.2 Å². The van der Waals surface area contributed by atoms with Crippen LogP contribution in [0.3, 0.4) is 0 Å². The molecular formula is C13H15BrFNO3S. The molecule has 1 aromatic rings. The van der Waals surface area contributed by atoms with E-state index in [0.29, 0.717) is 11.3 Å². The van der Waals surface area contributed by atoms with Crippen LogP contribution in [0.15, 0.2) is 21.5 Å². The summed E-state index contributed by atoms with van der Waals surface area (Å²) in [6.07, 6.45) is 1.24. The van der Waals surface area contributed by atoms with Crippen LogP contribution in [0.1, 0.15) is 20.8 Å². The van der Waals surface area contributed by atoms with Crippen molar-refractivity contribution in [1.29, 1.82) is 0 Å². The van der Waals surface area contributed by atoms with Gasteiger partial charge in [-0.1, -0.05) is 0 Å². The highest BCUT2D eigenvalue weighted by atomic mass is 79.9. The standard InChI is InChI=1S/C13H15BrFNO3S/c1-13(2,3)19-12(18)16(7-17)10-6-9(15)8(14)5-11(10)20-4/h5-7H,1-4H3. The van der Waals surface area contributed by atoms with Crippen LogP contribution in [0.2, 0.25) is 0 Å². The van der Waals surface area contributed by atoms with Gasteiger partial charge in [0, 0.05) is 11.0 Å². The summed E-state index contributed by atoms with van der Waals surface area (Å²) in [5.41, 5.74) is -0.589. The zero-order valence-corrected chi connectivity index (χ0v) is 14.0. The summed E-state index contributed by atoms with van der Waals surface area (Å²) in [7, 11) is 0.